The molecule has 0 aliphatic rings. The average molecular weight is 318 g/mol. The molecule has 1 aromatic carbocycles. The summed E-state index contributed by atoms with van der Waals surface area (Å²) >= 11 is 3.20. The van der Waals surface area contributed by atoms with Crippen LogP contribution in [0.15, 0.2) is 22.7 Å². The van der Waals surface area contributed by atoms with Gasteiger partial charge >= 0.3 is 0 Å². The second-order valence-corrected chi connectivity index (χ2v) is 5.99. The summed E-state index contributed by atoms with van der Waals surface area (Å²) in [6.07, 6.45) is 0. The fraction of sp³-hybridized carbons (Fsp3) is 0.300. The zero-order valence-corrected chi connectivity index (χ0v) is 11.8. The number of benzene rings is 1. The minimum atomic E-state index is -3.59. The van der Waals surface area contributed by atoms with E-state index in [2.05, 4.69) is 25.4 Å². The van der Waals surface area contributed by atoms with Crippen LogP contribution in [0.25, 0.3) is 0 Å². The van der Waals surface area contributed by atoms with Crippen LogP contribution in [0, 0.1) is 11.3 Å². The first-order valence-corrected chi connectivity index (χ1v) is 7.11. The fourth-order valence-corrected chi connectivity index (χ4v) is 2.91. The van der Waals surface area contributed by atoms with Gasteiger partial charge in [-0.2, -0.15) is 18.4 Å². The summed E-state index contributed by atoms with van der Waals surface area (Å²) in [6, 6.07) is 6.40. The fourth-order valence-electron chi connectivity index (χ4n) is 1.15. The minimum Gasteiger partial charge on any atom is -0.270 e. The van der Waals surface area contributed by atoms with E-state index in [9.17, 15) is 8.42 Å². The predicted octanol–water partition coefficient (Wildman–Crippen LogP) is 1.98. The van der Waals surface area contributed by atoms with Crippen LogP contribution in [-0.2, 0) is 10.2 Å². The third-order valence-electron chi connectivity index (χ3n) is 1.73. The molecule has 0 aromatic heterocycles. The number of rotatable bonds is 4. The molecule has 92 valence electrons. The molecule has 0 saturated heterocycles. The van der Waals surface area contributed by atoms with E-state index in [1.165, 1.54) is 12.1 Å². The molecule has 0 aliphatic carbocycles. The highest BCUT2D eigenvalue weighted by Gasteiger charge is 2.13. The molecule has 0 saturated carbocycles. The zero-order valence-electron chi connectivity index (χ0n) is 9.36. The number of hydrogen-bond donors (Lipinski definition) is 2. The largest absolute Gasteiger partial charge is 0.299 e. The lowest BCUT2D eigenvalue weighted by molar-refractivity contribution is 0.575. The van der Waals surface area contributed by atoms with E-state index in [-0.39, 0.29) is 6.04 Å². The summed E-state index contributed by atoms with van der Waals surface area (Å²) in [6.45, 7) is 3.46. The van der Waals surface area contributed by atoms with Gasteiger partial charge in [0, 0.05) is 10.5 Å². The third-order valence-corrected chi connectivity index (χ3v) is 3.66. The molecule has 0 atom stereocenters. The lowest BCUT2D eigenvalue weighted by Crippen LogP contribution is -2.35. The van der Waals surface area contributed by atoms with Crippen molar-refractivity contribution in [3.63, 3.8) is 0 Å². The van der Waals surface area contributed by atoms with Gasteiger partial charge in [0.2, 0.25) is 0 Å². The molecule has 0 fully saturated rings. The van der Waals surface area contributed by atoms with Gasteiger partial charge in [0.25, 0.3) is 10.2 Å². The maximum Gasteiger partial charge on any atom is 0.299 e. The first kappa shape index (κ1) is 14.0. The highest BCUT2D eigenvalue weighted by molar-refractivity contribution is 9.10. The van der Waals surface area contributed by atoms with Gasteiger partial charge in [0.15, 0.2) is 0 Å². The van der Waals surface area contributed by atoms with Crippen LogP contribution in [0.3, 0.4) is 0 Å². The van der Waals surface area contributed by atoms with Crippen molar-refractivity contribution in [2.45, 2.75) is 19.9 Å². The van der Waals surface area contributed by atoms with Crippen LogP contribution in [0.1, 0.15) is 19.4 Å². The van der Waals surface area contributed by atoms with E-state index in [0.717, 1.165) is 0 Å². The molecule has 0 unspecified atom stereocenters. The van der Waals surface area contributed by atoms with Crippen LogP contribution >= 0.6 is 15.9 Å². The smallest absolute Gasteiger partial charge is 0.270 e. The maximum atomic E-state index is 11.6. The summed E-state index contributed by atoms with van der Waals surface area (Å²) < 4.78 is 28.5. The normalized spacial score (nSPS) is 11.2. The summed E-state index contributed by atoms with van der Waals surface area (Å²) in [7, 11) is -3.59. The number of halogens is 1. The molecule has 7 heteroatoms. The van der Waals surface area contributed by atoms with Gasteiger partial charge in [0.1, 0.15) is 0 Å². The summed E-state index contributed by atoms with van der Waals surface area (Å²) in [5, 5.41) is 8.68. The molecule has 5 nitrogen and oxygen atoms in total. The van der Waals surface area contributed by atoms with Gasteiger partial charge in [-0.05, 0) is 48.0 Å². The Morgan fingerprint density at radius 1 is 1.41 bits per heavy atom. The van der Waals surface area contributed by atoms with E-state index < -0.39 is 10.2 Å². The highest BCUT2D eigenvalue weighted by Crippen LogP contribution is 2.24. The van der Waals surface area contributed by atoms with Gasteiger partial charge < -0.3 is 0 Å². The lowest BCUT2D eigenvalue weighted by atomic mass is 10.2. The summed E-state index contributed by atoms with van der Waals surface area (Å²) in [5.74, 6) is 0. The summed E-state index contributed by atoms with van der Waals surface area (Å²) in [5.41, 5.74) is 0.841. The van der Waals surface area contributed by atoms with Crippen LogP contribution < -0.4 is 9.44 Å². The number of nitriles is 1. The molecule has 1 rings (SSSR count). The van der Waals surface area contributed by atoms with Crippen molar-refractivity contribution in [3.05, 3.63) is 28.2 Å². The number of hydrogen-bond acceptors (Lipinski definition) is 3. The van der Waals surface area contributed by atoms with Gasteiger partial charge in [-0.15, -0.1) is 0 Å². The Balaban J connectivity index is 2.94. The monoisotopic (exact) mass is 317 g/mol. The molecule has 17 heavy (non-hydrogen) atoms. The Kier molecular flexibility index (Phi) is 4.51. The third kappa shape index (κ3) is 4.34. The Morgan fingerprint density at radius 2 is 2.06 bits per heavy atom. The average Bonchev–Trinajstić information content (AvgIpc) is 2.18. The van der Waals surface area contributed by atoms with Crippen molar-refractivity contribution in [2.75, 3.05) is 4.72 Å². The predicted molar refractivity (Wildman–Crippen MR) is 69.7 cm³/mol. The van der Waals surface area contributed by atoms with Crippen LogP contribution in [0.5, 0.6) is 0 Å². The second kappa shape index (κ2) is 5.49. The van der Waals surface area contributed by atoms with E-state index in [1.807, 2.05) is 6.07 Å². The van der Waals surface area contributed by atoms with Gasteiger partial charge in [-0.3, -0.25) is 4.72 Å². The first-order valence-electron chi connectivity index (χ1n) is 4.84. The molecule has 2 N–H and O–H groups in total. The number of anilines is 1. The molecule has 0 radical (unpaired) electrons. The molecular weight excluding hydrogens is 306 g/mol. The van der Waals surface area contributed by atoms with Crippen molar-refractivity contribution >= 4 is 31.8 Å². The Hall–Kier alpha value is -1.10. The van der Waals surface area contributed by atoms with E-state index >= 15 is 0 Å². The number of nitrogens with one attached hydrogen (secondary N) is 2. The van der Waals surface area contributed by atoms with Crippen molar-refractivity contribution in [1.82, 2.24) is 4.72 Å². The lowest BCUT2D eigenvalue weighted by Gasteiger charge is -2.12. The molecule has 1 aromatic rings. The van der Waals surface area contributed by atoms with E-state index in [0.29, 0.717) is 15.7 Å². The van der Waals surface area contributed by atoms with Crippen molar-refractivity contribution in [3.8, 4) is 6.07 Å². The van der Waals surface area contributed by atoms with Crippen LogP contribution in [0.2, 0.25) is 0 Å². The standard InChI is InChI=1S/C10H12BrN3O2S/c1-7(2)13-17(15,16)14-10-4-3-8(6-12)5-9(10)11/h3-5,7,13-14H,1-2H3. The Labute approximate surface area is 109 Å². The van der Waals surface area contributed by atoms with Crippen LogP contribution in [0.4, 0.5) is 5.69 Å². The molecule has 0 heterocycles. The molecule has 0 spiro atoms. The van der Waals surface area contributed by atoms with Gasteiger partial charge in [-0.1, -0.05) is 0 Å². The Morgan fingerprint density at radius 3 is 2.53 bits per heavy atom. The quantitative estimate of drug-likeness (QED) is 0.890. The van der Waals surface area contributed by atoms with Crippen molar-refractivity contribution in [1.29, 1.82) is 5.26 Å². The zero-order chi connectivity index (χ0) is 13.1. The molecule has 0 aliphatic heterocycles. The first-order chi connectivity index (χ1) is 7.84. The van der Waals surface area contributed by atoms with Gasteiger partial charge in [-0.25, -0.2) is 0 Å². The number of nitrogens with zero attached hydrogens (tertiary/aromatic N) is 1. The minimum absolute atomic E-state index is 0.190. The topological polar surface area (TPSA) is 82.0 Å². The van der Waals surface area contributed by atoms with E-state index in [1.54, 1.807) is 19.9 Å². The Bertz CT molecular complexity index is 549. The second-order valence-electron chi connectivity index (χ2n) is 3.68. The summed E-state index contributed by atoms with van der Waals surface area (Å²) in [4.78, 5) is 0. The maximum absolute atomic E-state index is 11.6. The van der Waals surface area contributed by atoms with Crippen LogP contribution in [-0.4, -0.2) is 14.5 Å². The highest BCUT2D eigenvalue weighted by atomic mass is 79.9. The van der Waals surface area contributed by atoms with Gasteiger partial charge in [0.05, 0.1) is 17.3 Å². The molecule has 0 amide bonds. The molecule has 0 bridgehead atoms. The SMILES string of the molecule is CC(C)NS(=O)(=O)Nc1ccc(C#N)cc1Br. The van der Waals surface area contributed by atoms with E-state index in [4.69, 9.17) is 5.26 Å². The van der Waals surface area contributed by atoms with Crippen molar-refractivity contribution < 1.29 is 8.42 Å². The van der Waals surface area contributed by atoms with Crippen molar-refractivity contribution in [2.24, 2.45) is 0 Å². The molecular formula is C10H12BrN3O2S.